The highest BCUT2D eigenvalue weighted by Gasteiger charge is 2.27. The smallest absolute Gasteiger partial charge is 0.265 e. The van der Waals surface area contributed by atoms with Crippen molar-refractivity contribution in [3.8, 4) is 11.5 Å². The predicted octanol–water partition coefficient (Wildman–Crippen LogP) is 4.52. The van der Waals surface area contributed by atoms with Crippen molar-refractivity contribution < 1.29 is 23.9 Å². The first kappa shape index (κ1) is 24.8. The molecule has 2 aromatic carbocycles. The van der Waals surface area contributed by atoms with Gasteiger partial charge in [-0.15, -0.1) is 0 Å². The SMILES string of the molecule is Cc1cccc(OCC(=O)c2ccc3c(c2)N(CCCC(=O)NC2CCCCC2)C(=O)CO3)c1C. The topological polar surface area (TPSA) is 84.9 Å². The minimum Gasteiger partial charge on any atom is -0.485 e. The lowest BCUT2D eigenvalue weighted by atomic mass is 9.95. The molecular formula is C28H34N2O5. The number of ketones is 1. The lowest BCUT2D eigenvalue weighted by Crippen LogP contribution is -2.40. The number of carbonyl (C=O) groups is 3. The van der Waals surface area contributed by atoms with Crippen molar-refractivity contribution in [2.24, 2.45) is 0 Å². The lowest BCUT2D eigenvalue weighted by molar-refractivity contribution is -0.123. The Balaban J connectivity index is 1.37. The van der Waals surface area contributed by atoms with Crippen LogP contribution in [0.25, 0.3) is 0 Å². The zero-order valence-corrected chi connectivity index (χ0v) is 20.6. The summed E-state index contributed by atoms with van der Waals surface area (Å²) in [5.41, 5.74) is 3.12. The number of fused-ring (bicyclic) bond motifs is 1. The number of ether oxygens (including phenoxy) is 2. The molecule has 1 N–H and O–H groups in total. The molecule has 186 valence electrons. The van der Waals surface area contributed by atoms with Crippen LogP contribution >= 0.6 is 0 Å². The number of rotatable bonds is 9. The van der Waals surface area contributed by atoms with Gasteiger partial charge in [-0.1, -0.05) is 31.4 Å². The molecule has 0 spiro atoms. The number of benzene rings is 2. The molecule has 2 amide bonds. The molecule has 0 bridgehead atoms. The maximum Gasteiger partial charge on any atom is 0.265 e. The van der Waals surface area contributed by atoms with Crippen LogP contribution in [-0.4, -0.2) is 43.4 Å². The van der Waals surface area contributed by atoms with Crippen molar-refractivity contribution >= 4 is 23.3 Å². The molecule has 1 heterocycles. The minimum absolute atomic E-state index is 0.0327. The maximum absolute atomic E-state index is 12.9. The molecule has 7 nitrogen and oxygen atoms in total. The Morgan fingerprint density at radius 1 is 1.11 bits per heavy atom. The highest BCUT2D eigenvalue weighted by atomic mass is 16.5. The first-order valence-corrected chi connectivity index (χ1v) is 12.5. The van der Waals surface area contributed by atoms with Crippen molar-refractivity contribution in [2.75, 3.05) is 24.7 Å². The summed E-state index contributed by atoms with van der Waals surface area (Å²) in [5.74, 6) is 0.913. The van der Waals surface area contributed by atoms with Gasteiger partial charge in [0.1, 0.15) is 11.5 Å². The second-order valence-corrected chi connectivity index (χ2v) is 9.43. The summed E-state index contributed by atoms with van der Waals surface area (Å²) in [7, 11) is 0. The second kappa shape index (κ2) is 11.4. The molecule has 2 aromatic rings. The number of anilines is 1. The summed E-state index contributed by atoms with van der Waals surface area (Å²) in [6, 6.07) is 11.1. The number of amides is 2. The van der Waals surface area contributed by atoms with Gasteiger partial charge in [0.2, 0.25) is 5.91 Å². The maximum atomic E-state index is 12.9. The molecule has 0 aromatic heterocycles. The lowest BCUT2D eigenvalue weighted by Gasteiger charge is -2.30. The monoisotopic (exact) mass is 478 g/mol. The van der Waals surface area contributed by atoms with Gasteiger partial charge in [0, 0.05) is 24.6 Å². The van der Waals surface area contributed by atoms with Gasteiger partial charge in [-0.25, -0.2) is 0 Å². The van der Waals surface area contributed by atoms with Crippen LogP contribution in [0.3, 0.4) is 0 Å². The number of carbonyl (C=O) groups excluding carboxylic acids is 3. The van der Waals surface area contributed by atoms with Crippen molar-refractivity contribution in [2.45, 2.75) is 64.8 Å². The van der Waals surface area contributed by atoms with E-state index in [1.165, 1.54) is 19.3 Å². The quantitative estimate of drug-likeness (QED) is 0.536. The van der Waals surface area contributed by atoms with Crippen molar-refractivity contribution in [1.29, 1.82) is 0 Å². The van der Waals surface area contributed by atoms with Gasteiger partial charge in [-0.3, -0.25) is 14.4 Å². The van der Waals surface area contributed by atoms with Gasteiger partial charge >= 0.3 is 0 Å². The second-order valence-electron chi connectivity index (χ2n) is 9.43. The minimum atomic E-state index is -0.182. The molecule has 0 unspecified atom stereocenters. The molecule has 2 aliphatic rings. The Kier molecular flexibility index (Phi) is 8.06. The van der Waals surface area contributed by atoms with Crippen molar-refractivity contribution in [3.05, 3.63) is 53.1 Å². The van der Waals surface area contributed by atoms with Gasteiger partial charge in [-0.05, 0) is 68.5 Å². The van der Waals surface area contributed by atoms with E-state index in [4.69, 9.17) is 9.47 Å². The molecule has 1 fully saturated rings. The zero-order chi connectivity index (χ0) is 24.8. The summed E-state index contributed by atoms with van der Waals surface area (Å²) in [6.07, 6.45) is 6.57. The molecule has 7 heteroatoms. The van der Waals surface area contributed by atoms with E-state index in [2.05, 4.69) is 5.32 Å². The standard InChI is InChI=1S/C28H34N2O5/c1-19-8-6-11-25(20(19)2)34-17-24(31)21-13-14-26-23(16-21)30(28(33)18-35-26)15-7-12-27(32)29-22-9-4-3-5-10-22/h6,8,11,13-14,16,22H,3-5,7,9-10,12,15,17-18H2,1-2H3,(H,29,32). The number of nitrogens with one attached hydrogen (secondary N) is 1. The summed E-state index contributed by atoms with van der Waals surface area (Å²) in [5, 5.41) is 3.12. The molecule has 35 heavy (non-hydrogen) atoms. The average molecular weight is 479 g/mol. The van der Waals surface area contributed by atoms with E-state index in [1.807, 2.05) is 32.0 Å². The highest BCUT2D eigenvalue weighted by molar-refractivity contribution is 6.02. The highest BCUT2D eigenvalue weighted by Crippen LogP contribution is 2.33. The molecular weight excluding hydrogens is 444 g/mol. The normalized spacial score (nSPS) is 15.8. The van der Waals surface area contributed by atoms with Crippen LogP contribution in [0.1, 0.15) is 66.4 Å². The number of hydrogen-bond donors (Lipinski definition) is 1. The van der Waals surface area contributed by atoms with Crippen molar-refractivity contribution in [1.82, 2.24) is 5.32 Å². The molecule has 4 rings (SSSR count). The Labute approximate surface area is 206 Å². The van der Waals surface area contributed by atoms with E-state index in [0.717, 1.165) is 24.0 Å². The van der Waals surface area contributed by atoms with E-state index in [-0.39, 0.29) is 36.9 Å². The summed E-state index contributed by atoms with van der Waals surface area (Å²) >= 11 is 0. The number of nitrogens with zero attached hydrogens (tertiary/aromatic N) is 1. The van der Waals surface area contributed by atoms with Crippen LogP contribution in [0, 0.1) is 13.8 Å². The third-order valence-corrected chi connectivity index (χ3v) is 6.89. The number of aryl methyl sites for hydroxylation is 1. The zero-order valence-electron chi connectivity index (χ0n) is 20.6. The fraction of sp³-hybridized carbons (Fsp3) is 0.464. The van der Waals surface area contributed by atoms with E-state index < -0.39 is 0 Å². The first-order valence-electron chi connectivity index (χ1n) is 12.5. The van der Waals surface area contributed by atoms with Gasteiger partial charge in [0.05, 0.1) is 5.69 Å². The van der Waals surface area contributed by atoms with E-state index >= 15 is 0 Å². The molecule has 1 saturated carbocycles. The number of hydrogen-bond acceptors (Lipinski definition) is 5. The fourth-order valence-corrected chi connectivity index (χ4v) is 4.67. The van der Waals surface area contributed by atoms with E-state index in [1.54, 1.807) is 23.1 Å². The van der Waals surface area contributed by atoms with Gasteiger partial charge < -0.3 is 19.7 Å². The number of Topliss-reactive ketones (excluding diaryl/α,β-unsaturated/α-hetero) is 1. The Morgan fingerprint density at radius 3 is 2.71 bits per heavy atom. The van der Waals surface area contributed by atoms with Crippen LogP contribution in [0.15, 0.2) is 36.4 Å². The van der Waals surface area contributed by atoms with Crippen LogP contribution in [0.2, 0.25) is 0 Å². The third-order valence-electron chi connectivity index (χ3n) is 6.89. The summed E-state index contributed by atoms with van der Waals surface area (Å²) in [4.78, 5) is 39.4. The Hall–Kier alpha value is -3.35. The molecule has 1 aliphatic carbocycles. The summed E-state index contributed by atoms with van der Waals surface area (Å²) in [6.45, 7) is 4.20. The van der Waals surface area contributed by atoms with Gasteiger partial charge in [-0.2, -0.15) is 0 Å². The van der Waals surface area contributed by atoms with Gasteiger partial charge in [0.15, 0.2) is 19.0 Å². The molecule has 0 atom stereocenters. The van der Waals surface area contributed by atoms with E-state index in [9.17, 15) is 14.4 Å². The fourth-order valence-electron chi connectivity index (χ4n) is 4.67. The largest absolute Gasteiger partial charge is 0.485 e. The Bertz CT molecular complexity index is 1090. The molecule has 0 radical (unpaired) electrons. The van der Waals surface area contributed by atoms with Crippen LogP contribution in [-0.2, 0) is 9.59 Å². The van der Waals surface area contributed by atoms with Crippen LogP contribution < -0.4 is 19.7 Å². The van der Waals surface area contributed by atoms with Crippen LogP contribution in [0.4, 0.5) is 5.69 Å². The third kappa shape index (κ3) is 6.21. The first-order chi connectivity index (χ1) is 16.9. The summed E-state index contributed by atoms with van der Waals surface area (Å²) < 4.78 is 11.3. The van der Waals surface area contributed by atoms with Crippen LogP contribution in [0.5, 0.6) is 11.5 Å². The van der Waals surface area contributed by atoms with Gasteiger partial charge in [0.25, 0.3) is 5.91 Å². The average Bonchev–Trinajstić information content (AvgIpc) is 2.86. The predicted molar refractivity (Wildman–Crippen MR) is 134 cm³/mol. The molecule has 0 saturated heterocycles. The Morgan fingerprint density at radius 2 is 1.91 bits per heavy atom. The van der Waals surface area contributed by atoms with E-state index in [0.29, 0.717) is 42.1 Å². The molecule has 1 aliphatic heterocycles. The van der Waals surface area contributed by atoms with Crippen molar-refractivity contribution in [3.63, 3.8) is 0 Å².